The van der Waals surface area contributed by atoms with Gasteiger partial charge in [0.05, 0.1) is 6.61 Å². The van der Waals surface area contributed by atoms with Gasteiger partial charge in [-0.3, -0.25) is 10.1 Å². The number of thioether (sulfide) groups is 1. The maximum Gasteiger partial charge on any atom is 0.326 e. The van der Waals surface area contributed by atoms with Gasteiger partial charge in [0.2, 0.25) is 0 Å². The average Bonchev–Trinajstić information content (AvgIpc) is 3.07. The molecule has 0 amide bonds. The molecule has 0 saturated heterocycles. The predicted molar refractivity (Wildman–Crippen MR) is 79.7 cm³/mol. The fourth-order valence-electron chi connectivity index (χ4n) is 2.13. The van der Waals surface area contributed by atoms with Crippen LogP contribution in [0.2, 0.25) is 0 Å². The number of aromatic nitrogens is 2. The quantitative estimate of drug-likeness (QED) is 0.416. The van der Waals surface area contributed by atoms with E-state index in [1.54, 1.807) is 18.0 Å². The zero-order valence-corrected chi connectivity index (χ0v) is 13.0. The summed E-state index contributed by atoms with van der Waals surface area (Å²) in [5, 5.41) is 4.37. The Kier molecular flexibility index (Phi) is 5.48. The predicted octanol–water partition coefficient (Wildman–Crippen LogP) is 2.36. The van der Waals surface area contributed by atoms with Crippen molar-refractivity contribution in [2.75, 3.05) is 12.4 Å². The Morgan fingerprint density at radius 3 is 3.05 bits per heavy atom. The third-order valence-electron chi connectivity index (χ3n) is 3.36. The Morgan fingerprint density at radius 2 is 2.45 bits per heavy atom. The zero-order valence-electron chi connectivity index (χ0n) is 12.1. The highest BCUT2D eigenvalue weighted by molar-refractivity contribution is 7.99. The van der Waals surface area contributed by atoms with Crippen molar-refractivity contribution in [1.82, 2.24) is 15.3 Å². The van der Waals surface area contributed by atoms with E-state index in [2.05, 4.69) is 15.3 Å². The zero-order chi connectivity index (χ0) is 14.4. The minimum Gasteiger partial charge on any atom is -0.465 e. The highest BCUT2D eigenvalue weighted by Gasteiger charge is 2.39. The van der Waals surface area contributed by atoms with E-state index in [1.165, 1.54) is 0 Å². The SMILES string of the molecule is CCOC(=O)C(C)(CCCSc1ncc[nH]1)NC1CC1. The Morgan fingerprint density at radius 1 is 1.65 bits per heavy atom. The summed E-state index contributed by atoms with van der Waals surface area (Å²) in [7, 11) is 0. The van der Waals surface area contributed by atoms with Crippen LogP contribution in [0.5, 0.6) is 0 Å². The largest absolute Gasteiger partial charge is 0.465 e. The average molecular weight is 297 g/mol. The minimum atomic E-state index is -0.555. The minimum absolute atomic E-state index is 0.130. The maximum absolute atomic E-state index is 12.1. The van der Waals surface area contributed by atoms with Gasteiger partial charge in [0.1, 0.15) is 5.54 Å². The molecule has 2 N–H and O–H groups in total. The number of esters is 1. The molecule has 0 radical (unpaired) electrons. The normalized spacial score (nSPS) is 17.7. The summed E-state index contributed by atoms with van der Waals surface area (Å²) >= 11 is 1.68. The molecule has 1 heterocycles. The first-order chi connectivity index (χ1) is 9.64. The molecule has 1 aliphatic rings. The van der Waals surface area contributed by atoms with Gasteiger partial charge in [0.25, 0.3) is 0 Å². The van der Waals surface area contributed by atoms with Gasteiger partial charge in [-0.05, 0) is 39.5 Å². The van der Waals surface area contributed by atoms with Gasteiger partial charge < -0.3 is 9.72 Å². The van der Waals surface area contributed by atoms with Crippen molar-refractivity contribution >= 4 is 17.7 Å². The molecule has 20 heavy (non-hydrogen) atoms. The summed E-state index contributed by atoms with van der Waals surface area (Å²) in [6, 6.07) is 0.488. The fraction of sp³-hybridized carbons (Fsp3) is 0.714. The van der Waals surface area contributed by atoms with E-state index >= 15 is 0 Å². The van der Waals surface area contributed by atoms with Crippen molar-refractivity contribution in [2.24, 2.45) is 0 Å². The van der Waals surface area contributed by atoms with Crippen LogP contribution in [0.4, 0.5) is 0 Å². The molecule has 1 unspecified atom stereocenters. The van der Waals surface area contributed by atoms with Crippen LogP contribution in [0.1, 0.15) is 39.5 Å². The van der Waals surface area contributed by atoms with Gasteiger partial charge in [-0.25, -0.2) is 4.98 Å². The lowest BCUT2D eigenvalue weighted by Gasteiger charge is -2.28. The molecule has 0 spiro atoms. The number of carbonyl (C=O) groups is 1. The number of nitrogens with one attached hydrogen (secondary N) is 2. The number of rotatable bonds is 9. The number of ether oxygens (including phenoxy) is 1. The molecular weight excluding hydrogens is 274 g/mol. The van der Waals surface area contributed by atoms with Gasteiger partial charge in [0.15, 0.2) is 5.16 Å². The van der Waals surface area contributed by atoms with Crippen LogP contribution < -0.4 is 5.32 Å². The Hall–Kier alpha value is -1.01. The van der Waals surface area contributed by atoms with E-state index in [-0.39, 0.29) is 5.97 Å². The lowest BCUT2D eigenvalue weighted by atomic mass is 9.96. The standard InChI is InChI=1S/C14H23N3O2S/c1-3-19-12(18)14(2,17-11-5-6-11)7-4-10-20-13-15-8-9-16-13/h8-9,11,17H,3-7,10H2,1-2H3,(H,15,16). The topological polar surface area (TPSA) is 67.0 Å². The second kappa shape index (κ2) is 7.13. The van der Waals surface area contributed by atoms with Crippen LogP contribution in [0, 0.1) is 0 Å². The van der Waals surface area contributed by atoms with Crippen molar-refractivity contribution in [3.8, 4) is 0 Å². The molecule has 0 bridgehead atoms. The Balaban J connectivity index is 1.78. The van der Waals surface area contributed by atoms with Crippen LogP contribution in [-0.4, -0.2) is 39.9 Å². The van der Waals surface area contributed by atoms with Crippen LogP contribution in [0.25, 0.3) is 0 Å². The fourth-order valence-corrected chi connectivity index (χ4v) is 2.89. The second-order valence-electron chi connectivity index (χ2n) is 5.32. The second-order valence-corrected chi connectivity index (χ2v) is 6.40. The molecule has 1 aromatic heterocycles. The Labute approximate surface area is 124 Å². The number of aromatic amines is 1. The molecule has 1 aromatic rings. The van der Waals surface area contributed by atoms with E-state index in [4.69, 9.17) is 4.74 Å². The summed E-state index contributed by atoms with van der Waals surface area (Å²) in [5.74, 6) is 0.810. The summed E-state index contributed by atoms with van der Waals surface area (Å²) in [6.07, 6.45) is 7.63. The summed E-state index contributed by atoms with van der Waals surface area (Å²) in [6.45, 7) is 4.24. The van der Waals surface area contributed by atoms with E-state index < -0.39 is 5.54 Å². The third-order valence-corrected chi connectivity index (χ3v) is 4.35. The number of hydrogen-bond donors (Lipinski definition) is 2. The van der Waals surface area contributed by atoms with Gasteiger partial charge in [-0.15, -0.1) is 0 Å². The van der Waals surface area contributed by atoms with E-state index in [0.29, 0.717) is 12.6 Å². The molecule has 2 rings (SSSR count). The smallest absolute Gasteiger partial charge is 0.326 e. The number of nitrogens with zero attached hydrogens (tertiary/aromatic N) is 1. The number of H-pyrrole nitrogens is 1. The van der Waals surface area contributed by atoms with Crippen LogP contribution in [0.3, 0.4) is 0 Å². The van der Waals surface area contributed by atoms with E-state index in [9.17, 15) is 4.79 Å². The highest BCUT2D eigenvalue weighted by Crippen LogP contribution is 2.26. The molecule has 1 aliphatic carbocycles. The Bertz CT molecular complexity index is 420. The molecule has 1 saturated carbocycles. The van der Waals surface area contributed by atoms with Crippen molar-refractivity contribution in [3.63, 3.8) is 0 Å². The lowest BCUT2D eigenvalue weighted by Crippen LogP contribution is -2.51. The summed E-state index contributed by atoms with van der Waals surface area (Å²) in [4.78, 5) is 19.4. The van der Waals surface area contributed by atoms with Gasteiger partial charge >= 0.3 is 5.97 Å². The molecule has 6 heteroatoms. The lowest BCUT2D eigenvalue weighted by molar-refractivity contribution is -0.151. The van der Waals surface area contributed by atoms with E-state index in [0.717, 1.165) is 36.6 Å². The molecule has 0 aromatic carbocycles. The molecule has 112 valence electrons. The number of carbonyl (C=O) groups excluding carboxylic acids is 1. The first-order valence-corrected chi connectivity index (χ1v) is 8.19. The molecule has 1 atom stereocenters. The molecule has 0 aliphatic heterocycles. The van der Waals surface area contributed by atoms with Crippen LogP contribution >= 0.6 is 11.8 Å². The van der Waals surface area contributed by atoms with Crippen molar-refractivity contribution in [3.05, 3.63) is 12.4 Å². The van der Waals surface area contributed by atoms with Gasteiger partial charge in [0, 0.05) is 24.2 Å². The number of hydrogen-bond acceptors (Lipinski definition) is 5. The van der Waals surface area contributed by atoms with Crippen molar-refractivity contribution < 1.29 is 9.53 Å². The summed E-state index contributed by atoms with van der Waals surface area (Å²) < 4.78 is 5.21. The first kappa shape index (κ1) is 15.4. The van der Waals surface area contributed by atoms with Gasteiger partial charge in [-0.2, -0.15) is 0 Å². The van der Waals surface area contributed by atoms with Gasteiger partial charge in [-0.1, -0.05) is 11.8 Å². The van der Waals surface area contributed by atoms with Crippen molar-refractivity contribution in [2.45, 2.75) is 56.3 Å². The summed E-state index contributed by atoms with van der Waals surface area (Å²) in [5.41, 5.74) is -0.555. The van der Waals surface area contributed by atoms with E-state index in [1.807, 2.05) is 20.0 Å². The monoisotopic (exact) mass is 297 g/mol. The maximum atomic E-state index is 12.1. The molecule has 5 nitrogen and oxygen atoms in total. The first-order valence-electron chi connectivity index (χ1n) is 7.21. The molecule has 1 fully saturated rings. The van der Waals surface area contributed by atoms with Crippen molar-refractivity contribution in [1.29, 1.82) is 0 Å². The molecular formula is C14H23N3O2S. The third kappa shape index (κ3) is 4.52. The van der Waals surface area contributed by atoms with Crippen LogP contribution in [0.15, 0.2) is 17.6 Å². The van der Waals surface area contributed by atoms with Crippen LogP contribution in [-0.2, 0) is 9.53 Å². The number of imidazole rings is 1. The highest BCUT2D eigenvalue weighted by atomic mass is 32.2.